The number of sulfonamides is 1. The van der Waals surface area contributed by atoms with Crippen molar-refractivity contribution in [2.75, 3.05) is 41.2 Å². The lowest BCUT2D eigenvalue weighted by Gasteiger charge is -2.29. The van der Waals surface area contributed by atoms with Gasteiger partial charge >= 0.3 is 0 Å². The molecule has 0 atom stereocenters. The Labute approximate surface area is 178 Å². The summed E-state index contributed by atoms with van der Waals surface area (Å²) in [6.45, 7) is 2.65. The van der Waals surface area contributed by atoms with Crippen molar-refractivity contribution in [3.63, 3.8) is 0 Å². The fraction of sp³-hybridized carbons (Fsp3) is 0.200. The van der Waals surface area contributed by atoms with E-state index in [1.807, 2.05) is 0 Å². The number of anilines is 3. The average Bonchev–Trinajstić information content (AvgIpc) is 3.31. The van der Waals surface area contributed by atoms with Crippen molar-refractivity contribution in [3.8, 4) is 0 Å². The molecule has 0 radical (unpaired) electrons. The van der Waals surface area contributed by atoms with E-state index in [4.69, 9.17) is 4.74 Å². The molecular formula is C20H20N4O4S2. The highest BCUT2D eigenvalue weighted by Crippen LogP contribution is 2.25. The van der Waals surface area contributed by atoms with Gasteiger partial charge in [0.25, 0.3) is 15.9 Å². The van der Waals surface area contributed by atoms with E-state index >= 15 is 0 Å². The average molecular weight is 445 g/mol. The summed E-state index contributed by atoms with van der Waals surface area (Å²) in [4.78, 5) is 19.2. The third-order valence-corrected chi connectivity index (χ3v) is 7.28. The molecule has 156 valence electrons. The van der Waals surface area contributed by atoms with Crippen LogP contribution in [0.2, 0.25) is 0 Å². The van der Waals surface area contributed by atoms with E-state index in [-0.39, 0.29) is 10.1 Å². The summed E-state index contributed by atoms with van der Waals surface area (Å²) in [6, 6.07) is 13.1. The van der Waals surface area contributed by atoms with Crippen LogP contribution in [0.4, 0.5) is 17.2 Å². The Morgan fingerprint density at radius 2 is 1.83 bits per heavy atom. The van der Waals surface area contributed by atoms with Crippen molar-refractivity contribution in [1.29, 1.82) is 0 Å². The van der Waals surface area contributed by atoms with Gasteiger partial charge in [0.05, 0.1) is 18.9 Å². The molecule has 8 nitrogen and oxygen atoms in total. The lowest BCUT2D eigenvalue weighted by atomic mass is 10.2. The number of amides is 1. The summed E-state index contributed by atoms with van der Waals surface area (Å²) in [5, 5.41) is 4.59. The van der Waals surface area contributed by atoms with Crippen LogP contribution in [0, 0.1) is 0 Å². The first-order valence-corrected chi connectivity index (χ1v) is 11.6. The number of carbonyl (C=O) groups is 1. The molecule has 2 N–H and O–H groups in total. The fourth-order valence-electron chi connectivity index (χ4n) is 3.03. The third-order valence-electron chi connectivity index (χ3n) is 4.50. The predicted molar refractivity (Wildman–Crippen MR) is 117 cm³/mol. The van der Waals surface area contributed by atoms with Crippen molar-refractivity contribution in [1.82, 2.24) is 4.98 Å². The Bertz CT molecular complexity index is 1110. The highest BCUT2D eigenvalue weighted by Gasteiger charge is 2.18. The molecule has 1 aromatic carbocycles. The van der Waals surface area contributed by atoms with Gasteiger partial charge in [-0.2, -0.15) is 0 Å². The summed E-state index contributed by atoms with van der Waals surface area (Å²) < 4.78 is 32.7. The molecule has 1 saturated heterocycles. The zero-order chi connectivity index (χ0) is 21.0. The van der Waals surface area contributed by atoms with E-state index in [9.17, 15) is 13.2 Å². The summed E-state index contributed by atoms with van der Waals surface area (Å²) in [7, 11) is -3.63. The van der Waals surface area contributed by atoms with Gasteiger partial charge in [-0.25, -0.2) is 13.4 Å². The molecule has 1 aliphatic rings. The van der Waals surface area contributed by atoms with Crippen molar-refractivity contribution in [3.05, 3.63) is 65.7 Å². The minimum Gasteiger partial charge on any atom is -0.378 e. The number of thiophene rings is 1. The first-order chi connectivity index (χ1) is 14.5. The maximum Gasteiger partial charge on any atom is 0.271 e. The van der Waals surface area contributed by atoms with Crippen LogP contribution in [0.25, 0.3) is 0 Å². The number of hydrogen-bond acceptors (Lipinski definition) is 7. The van der Waals surface area contributed by atoms with Crippen LogP contribution in [0.3, 0.4) is 0 Å². The molecule has 1 aliphatic heterocycles. The van der Waals surface area contributed by atoms with Crippen LogP contribution >= 0.6 is 11.3 Å². The van der Waals surface area contributed by atoms with Gasteiger partial charge in [-0.15, -0.1) is 11.3 Å². The van der Waals surface area contributed by atoms with Gasteiger partial charge in [0.1, 0.15) is 4.21 Å². The van der Waals surface area contributed by atoms with Gasteiger partial charge in [-0.1, -0.05) is 6.07 Å². The zero-order valence-electron chi connectivity index (χ0n) is 15.9. The van der Waals surface area contributed by atoms with Crippen LogP contribution in [0.5, 0.6) is 0 Å². The molecule has 0 bridgehead atoms. The molecule has 3 aromatic rings. The third kappa shape index (κ3) is 4.61. The van der Waals surface area contributed by atoms with Gasteiger partial charge in [0.2, 0.25) is 0 Å². The molecule has 30 heavy (non-hydrogen) atoms. The van der Waals surface area contributed by atoms with Crippen LogP contribution in [-0.4, -0.2) is 45.6 Å². The summed E-state index contributed by atoms with van der Waals surface area (Å²) in [6.07, 6.45) is 1.69. The van der Waals surface area contributed by atoms with Gasteiger partial charge in [-0.3, -0.25) is 9.52 Å². The van der Waals surface area contributed by atoms with E-state index in [0.29, 0.717) is 49.1 Å². The normalized spacial score (nSPS) is 14.3. The number of nitrogens with zero attached hydrogens (tertiary/aromatic N) is 2. The summed E-state index contributed by atoms with van der Waals surface area (Å²) in [5.41, 5.74) is 1.41. The number of morpholine rings is 1. The Kier molecular flexibility index (Phi) is 5.98. The maximum atomic E-state index is 12.7. The van der Waals surface area contributed by atoms with Gasteiger partial charge in [0, 0.05) is 30.5 Å². The van der Waals surface area contributed by atoms with Crippen molar-refractivity contribution >= 4 is 44.5 Å². The predicted octanol–water partition coefficient (Wildman–Crippen LogP) is 3.03. The molecule has 0 saturated carbocycles. The first-order valence-electron chi connectivity index (χ1n) is 9.28. The largest absolute Gasteiger partial charge is 0.378 e. The Morgan fingerprint density at radius 3 is 2.53 bits per heavy atom. The molecular weight excluding hydrogens is 424 g/mol. The number of rotatable bonds is 6. The summed E-state index contributed by atoms with van der Waals surface area (Å²) >= 11 is 1.14. The highest BCUT2D eigenvalue weighted by molar-refractivity contribution is 7.94. The molecule has 10 heteroatoms. The number of carbonyl (C=O) groups excluding carboxylic acids is 1. The van der Waals surface area contributed by atoms with Crippen LogP contribution in [-0.2, 0) is 14.8 Å². The number of nitrogens with one attached hydrogen (secondary N) is 2. The van der Waals surface area contributed by atoms with Crippen LogP contribution < -0.4 is 14.9 Å². The van der Waals surface area contributed by atoms with Gasteiger partial charge in [0.15, 0.2) is 5.82 Å². The molecule has 0 spiro atoms. The number of hydrogen-bond donors (Lipinski definition) is 2. The molecule has 1 fully saturated rings. The minimum absolute atomic E-state index is 0.233. The number of benzene rings is 1. The van der Waals surface area contributed by atoms with Crippen LogP contribution in [0.15, 0.2) is 64.3 Å². The van der Waals surface area contributed by atoms with Crippen molar-refractivity contribution < 1.29 is 17.9 Å². The number of aromatic nitrogens is 1. The van der Waals surface area contributed by atoms with E-state index < -0.39 is 10.0 Å². The SMILES string of the molecule is O=C(Nc1cccnc1N1CCOCC1)c1ccc(NS(=O)(=O)c2cccs2)cc1. The lowest BCUT2D eigenvalue weighted by Crippen LogP contribution is -2.37. The van der Waals surface area contributed by atoms with Crippen LogP contribution in [0.1, 0.15) is 10.4 Å². The van der Waals surface area contributed by atoms with Crippen molar-refractivity contribution in [2.45, 2.75) is 4.21 Å². The second-order valence-corrected chi connectivity index (χ2v) is 9.40. The van der Waals surface area contributed by atoms with E-state index in [1.165, 1.54) is 6.07 Å². The molecule has 1 amide bonds. The molecule has 4 rings (SSSR count). The molecule has 0 unspecified atom stereocenters. The van der Waals surface area contributed by atoms with E-state index in [0.717, 1.165) is 11.3 Å². The quantitative estimate of drug-likeness (QED) is 0.606. The smallest absolute Gasteiger partial charge is 0.271 e. The number of ether oxygens (including phenoxy) is 1. The Morgan fingerprint density at radius 1 is 1.07 bits per heavy atom. The molecule has 3 heterocycles. The molecule has 0 aliphatic carbocycles. The first kappa shape index (κ1) is 20.3. The lowest BCUT2D eigenvalue weighted by molar-refractivity contribution is 0.102. The second-order valence-electron chi connectivity index (χ2n) is 6.54. The van der Waals surface area contributed by atoms with Gasteiger partial charge < -0.3 is 15.0 Å². The van der Waals surface area contributed by atoms with E-state index in [1.54, 1.807) is 54.0 Å². The number of pyridine rings is 1. The minimum atomic E-state index is -3.63. The second kappa shape index (κ2) is 8.82. The molecule has 2 aromatic heterocycles. The van der Waals surface area contributed by atoms with Crippen molar-refractivity contribution in [2.24, 2.45) is 0 Å². The fourth-order valence-corrected chi connectivity index (χ4v) is 5.08. The standard InChI is InChI=1S/C20H20N4O4S2/c25-20(22-17-3-1-9-21-19(17)24-10-12-28-13-11-24)15-5-7-16(8-6-15)23-30(26,27)18-4-2-14-29-18/h1-9,14,23H,10-13H2,(H,22,25). The Balaban J connectivity index is 1.46. The maximum absolute atomic E-state index is 12.7. The van der Waals surface area contributed by atoms with Gasteiger partial charge in [-0.05, 0) is 47.8 Å². The topological polar surface area (TPSA) is 101 Å². The zero-order valence-corrected chi connectivity index (χ0v) is 17.6. The summed E-state index contributed by atoms with van der Waals surface area (Å²) in [5.74, 6) is 0.402. The Hall–Kier alpha value is -2.95. The monoisotopic (exact) mass is 444 g/mol. The highest BCUT2D eigenvalue weighted by atomic mass is 32.2. The van der Waals surface area contributed by atoms with E-state index in [2.05, 4.69) is 19.9 Å².